The minimum Gasteiger partial charge on any atom is -0.340 e. The summed E-state index contributed by atoms with van der Waals surface area (Å²) >= 11 is 0. The predicted octanol–water partition coefficient (Wildman–Crippen LogP) is -0.398. The third-order valence-electron chi connectivity index (χ3n) is 4.67. The minimum atomic E-state index is -3.12. The maximum atomic E-state index is 12.3. The number of carbonyl (C=O) groups excluding carboxylic acids is 1. The van der Waals surface area contributed by atoms with Crippen molar-refractivity contribution >= 4 is 15.9 Å². The highest BCUT2D eigenvalue weighted by Gasteiger charge is 2.24. The summed E-state index contributed by atoms with van der Waals surface area (Å²) in [5, 5.41) is 3.26. The molecule has 1 atom stereocenters. The van der Waals surface area contributed by atoms with E-state index in [1.54, 1.807) is 0 Å². The molecule has 8 heteroatoms. The second-order valence-electron chi connectivity index (χ2n) is 6.52. The van der Waals surface area contributed by atoms with Crippen molar-refractivity contribution in [1.82, 2.24) is 19.8 Å². The first kappa shape index (κ1) is 18.6. The second-order valence-corrected chi connectivity index (χ2v) is 8.35. The zero-order valence-electron chi connectivity index (χ0n) is 14.1. The highest BCUT2D eigenvalue weighted by molar-refractivity contribution is 7.88. The van der Waals surface area contributed by atoms with Crippen LogP contribution in [0.3, 0.4) is 0 Å². The Kier molecular flexibility index (Phi) is 7.26. The van der Waals surface area contributed by atoms with Crippen molar-refractivity contribution < 1.29 is 13.2 Å². The molecule has 0 radical (unpaired) electrons. The van der Waals surface area contributed by atoms with Gasteiger partial charge in [0.1, 0.15) is 0 Å². The Balaban J connectivity index is 1.75. The Morgan fingerprint density at radius 1 is 1.22 bits per heavy atom. The molecule has 0 saturated carbocycles. The van der Waals surface area contributed by atoms with Crippen LogP contribution >= 0.6 is 0 Å². The number of carbonyl (C=O) groups is 1. The number of sulfonamides is 1. The molecule has 0 aromatic heterocycles. The molecule has 0 aromatic rings. The van der Waals surface area contributed by atoms with E-state index in [1.807, 2.05) is 4.90 Å². The fourth-order valence-corrected chi connectivity index (χ4v) is 3.89. The zero-order valence-corrected chi connectivity index (χ0v) is 14.9. The van der Waals surface area contributed by atoms with Gasteiger partial charge < -0.3 is 10.2 Å². The van der Waals surface area contributed by atoms with E-state index in [1.165, 1.54) is 12.7 Å². The van der Waals surface area contributed by atoms with Crippen LogP contribution in [0.25, 0.3) is 0 Å². The number of nitrogens with one attached hydrogen (secondary N) is 2. The molecule has 2 heterocycles. The number of piperidine rings is 1. The summed E-state index contributed by atoms with van der Waals surface area (Å²) in [6.07, 6.45) is 6.01. The summed E-state index contributed by atoms with van der Waals surface area (Å²) in [5.74, 6) is 0.241. The molecule has 2 fully saturated rings. The molecule has 2 aliphatic rings. The lowest BCUT2D eigenvalue weighted by atomic mass is 9.99. The lowest BCUT2D eigenvalue weighted by Gasteiger charge is -2.36. The molecule has 2 rings (SSSR count). The van der Waals surface area contributed by atoms with Crippen molar-refractivity contribution in [3.05, 3.63) is 0 Å². The number of rotatable bonds is 7. The largest absolute Gasteiger partial charge is 0.340 e. The Morgan fingerprint density at radius 2 is 1.96 bits per heavy atom. The summed E-state index contributed by atoms with van der Waals surface area (Å²) in [5.41, 5.74) is 0. The molecule has 134 valence electrons. The van der Waals surface area contributed by atoms with Gasteiger partial charge in [0.05, 0.1) is 6.26 Å². The summed E-state index contributed by atoms with van der Waals surface area (Å²) in [6.45, 7) is 5.65. The highest BCUT2D eigenvalue weighted by Crippen LogP contribution is 2.19. The number of hydrogen-bond acceptors (Lipinski definition) is 5. The van der Waals surface area contributed by atoms with Crippen LogP contribution in [-0.2, 0) is 14.8 Å². The van der Waals surface area contributed by atoms with Crippen LogP contribution in [0.15, 0.2) is 0 Å². The smallest absolute Gasteiger partial charge is 0.223 e. The third-order valence-corrected chi connectivity index (χ3v) is 5.40. The number of hydrogen-bond donors (Lipinski definition) is 2. The first-order valence-electron chi connectivity index (χ1n) is 8.63. The van der Waals surface area contributed by atoms with Crippen LogP contribution in [0.2, 0.25) is 0 Å². The number of amides is 1. The average molecular weight is 346 g/mol. The maximum Gasteiger partial charge on any atom is 0.223 e. The standard InChI is InChI=1S/C15H30N4O3S/c1-23(21,22)17-7-5-14-4-2-3-10-18(14)11-6-15(20)19-12-8-16-9-13-19/h14,16-17H,2-13H2,1H3. The lowest BCUT2D eigenvalue weighted by Crippen LogP contribution is -2.48. The molecular weight excluding hydrogens is 316 g/mol. The third kappa shape index (κ3) is 6.74. The van der Waals surface area contributed by atoms with Gasteiger partial charge in [-0.3, -0.25) is 9.69 Å². The molecule has 1 unspecified atom stereocenters. The average Bonchev–Trinajstić information content (AvgIpc) is 2.53. The van der Waals surface area contributed by atoms with E-state index < -0.39 is 10.0 Å². The topological polar surface area (TPSA) is 81.8 Å². The lowest BCUT2D eigenvalue weighted by molar-refractivity contribution is -0.132. The summed E-state index contributed by atoms with van der Waals surface area (Å²) in [7, 11) is -3.12. The van der Waals surface area contributed by atoms with Crippen molar-refractivity contribution in [2.45, 2.75) is 38.1 Å². The summed E-state index contributed by atoms with van der Waals surface area (Å²) in [6, 6.07) is 0.383. The molecule has 0 aromatic carbocycles. The second kappa shape index (κ2) is 8.96. The molecule has 2 N–H and O–H groups in total. The molecular formula is C15H30N4O3S. The van der Waals surface area contributed by atoms with Gasteiger partial charge in [-0.25, -0.2) is 13.1 Å². The van der Waals surface area contributed by atoms with E-state index in [2.05, 4.69) is 14.9 Å². The fraction of sp³-hybridized carbons (Fsp3) is 0.933. The van der Waals surface area contributed by atoms with E-state index in [0.717, 1.165) is 58.5 Å². The van der Waals surface area contributed by atoms with Gasteiger partial charge >= 0.3 is 0 Å². The number of nitrogens with zero attached hydrogens (tertiary/aromatic N) is 2. The van der Waals surface area contributed by atoms with Crippen LogP contribution < -0.4 is 10.0 Å². The van der Waals surface area contributed by atoms with Gasteiger partial charge in [-0.05, 0) is 25.8 Å². The monoisotopic (exact) mass is 346 g/mol. The van der Waals surface area contributed by atoms with Crippen molar-refractivity contribution in [2.75, 3.05) is 52.1 Å². The Bertz CT molecular complexity index is 477. The molecule has 0 aliphatic carbocycles. The molecule has 0 spiro atoms. The van der Waals surface area contributed by atoms with Crippen LogP contribution in [0.1, 0.15) is 32.1 Å². The van der Waals surface area contributed by atoms with Crippen molar-refractivity contribution in [2.24, 2.45) is 0 Å². The predicted molar refractivity (Wildman–Crippen MR) is 90.7 cm³/mol. The molecule has 1 amide bonds. The zero-order chi connectivity index (χ0) is 16.7. The van der Waals surface area contributed by atoms with Gasteiger partial charge in [0.25, 0.3) is 0 Å². The van der Waals surface area contributed by atoms with E-state index >= 15 is 0 Å². The van der Waals surface area contributed by atoms with Crippen LogP contribution in [0, 0.1) is 0 Å². The van der Waals surface area contributed by atoms with E-state index in [9.17, 15) is 13.2 Å². The van der Waals surface area contributed by atoms with E-state index in [4.69, 9.17) is 0 Å². The van der Waals surface area contributed by atoms with Crippen molar-refractivity contribution in [1.29, 1.82) is 0 Å². The van der Waals surface area contributed by atoms with E-state index in [-0.39, 0.29) is 5.91 Å². The van der Waals surface area contributed by atoms with Gasteiger partial charge in [-0.15, -0.1) is 0 Å². The van der Waals surface area contributed by atoms with Gasteiger partial charge in [-0.2, -0.15) is 0 Å². The number of likely N-dealkylation sites (tertiary alicyclic amines) is 1. The van der Waals surface area contributed by atoms with Crippen LogP contribution in [0.4, 0.5) is 0 Å². The Labute approximate surface area is 139 Å². The molecule has 0 bridgehead atoms. The Hall–Kier alpha value is -0.700. The van der Waals surface area contributed by atoms with Crippen LogP contribution in [0.5, 0.6) is 0 Å². The van der Waals surface area contributed by atoms with E-state index in [0.29, 0.717) is 19.0 Å². The fourth-order valence-electron chi connectivity index (χ4n) is 3.40. The van der Waals surface area contributed by atoms with Gasteiger partial charge in [-0.1, -0.05) is 6.42 Å². The normalized spacial score (nSPS) is 23.9. The quantitative estimate of drug-likeness (QED) is 0.656. The van der Waals surface area contributed by atoms with Crippen LogP contribution in [-0.4, -0.2) is 82.2 Å². The minimum absolute atomic E-state index is 0.241. The Morgan fingerprint density at radius 3 is 2.65 bits per heavy atom. The highest BCUT2D eigenvalue weighted by atomic mass is 32.2. The first-order chi connectivity index (χ1) is 11.0. The van der Waals surface area contributed by atoms with Crippen molar-refractivity contribution in [3.8, 4) is 0 Å². The molecule has 2 saturated heterocycles. The molecule has 2 aliphatic heterocycles. The van der Waals surface area contributed by atoms with Gasteiger partial charge in [0.2, 0.25) is 15.9 Å². The van der Waals surface area contributed by atoms with Gasteiger partial charge in [0.15, 0.2) is 0 Å². The molecule has 23 heavy (non-hydrogen) atoms. The summed E-state index contributed by atoms with van der Waals surface area (Å²) < 4.78 is 24.9. The first-order valence-corrected chi connectivity index (χ1v) is 10.5. The SMILES string of the molecule is CS(=O)(=O)NCCC1CCCCN1CCC(=O)N1CCNCC1. The molecule has 7 nitrogen and oxygen atoms in total. The maximum absolute atomic E-state index is 12.3. The number of piperazine rings is 1. The summed E-state index contributed by atoms with van der Waals surface area (Å²) in [4.78, 5) is 16.6. The van der Waals surface area contributed by atoms with Crippen molar-refractivity contribution in [3.63, 3.8) is 0 Å². The van der Waals surface area contributed by atoms with Gasteiger partial charge in [0, 0.05) is 51.7 Å².